The molecule has 3 heterocycles. The Morgan fingerprint density at radius 1 is 1.03 bits per heavy atom. The van der Waals surface area contributed by atoms with Gasteiger partial charge in [0.2, 0.25) is 15.9 Å². The molecule has 2 aliphatic heterocycles. The molecular formula is C22H24N3O6S-. The van der Waals surface area contributed by atoms with Crippen molar-refractivity contribution < 1.29 is 23.1 Å². The van der Waals surface area contributed by atoms with Gasteiger partial charge in [-0.05, 0) is 36.5 Å². The molecule has 0 aliphatic carbocycles. The Balaban J connectivity index is 1.51. The molecule has 170 valence electrons. The number of carboxylic acid groups (broad SMARTS) is 1. The average Bonchev–Trinajstić information content (AvgIpc) is 2.74. The first-order chi connectivity index (χ1) is 15.2. The highest BCUT2D eigenvalue weighted by Crippen LogP contribution is 2.35. The number of anilines is 1. The minimum absolute atomic E-state index is 0.00606. The van der Waals surface area contributed by atoms with Gasteiger partial charge in [0, 0.05) is 43.6 Å². The molecule has 2 aliphatic rings. The molecule has 1 saturated heterocycles. The largest absolute Gasteiger partial charge is 0.550 e. The second kappa shape index (κ2) is 8.78. The molecule has 2 atom stereocenters. The van der Waals surface area contributed by atoms with E-state index in [2.05, 4.69) is 4.72 Å². The molecule has 1 amide bonds. The van der Waals surface area contributed by atoms with Crippen molar-refractivity contribution in [3.63, 3.8) is 0 Å². The van der Waals surface area contributed by atoms with Crippen molar-refractivity contribution in [2.24, 2.45) is 5.92 Å². The number of aromatic nitrogens is 1. The summed E-state index contributed by atoms with van der Waals surface area (Å²) in [6, 6.07) is 11.9. The summed E-state index contributed by atoms with van der Waals surface area (Å²) in [6.07, 6.45) is 0.409. The number of nitrogens with zero attached hydrogens (tertiary/aromatic N) is 2. The molecule has 1 N–H and O–H groups in total. The van der Waals surface area contributed by atoms with Crippen LogP contribution in [0.25, 0.3) is 0 Å². The molecule has 1 aromatic heterocycles. The van der Waals surface area contributed by atoms with Crippen molar-refractivity contribution in [1.82, 2.24) is 9.47 Å². The Morgan fingerprint density at radius 3 is 2.50 bits per heavy atom. The van der Waals surface area contributed by atoms with Gasteiger partial charge in [-0.2, -0.15) is 0 Å². The summed E-state index contributed by atoms with van der Waals surface area (Å²) in [5.74, 6) is -1.73. The number of pyridine rings is 1. The Kier molecular flexibility index (Phi) is 6.05. The predicted octanol–water partition coefficient (Wildman–Crippen LogP) is 0.266. The third kappa shape index (κ3) is 4.85. The van der Waals surface area contributed by atoms with E-state index in [1.54, 1.807) is 45.9 Å². The molecule has 1 aromatic carbocycles. The van der Waals surface area contributed by atoms with Gasteiger partial charge in [0.05, 0.1) is 5.75 Å². The van der Waals surface area contributed by atoms with E-state index in [-0.39, 0.29) is 42.0 Å². The molecule has 10 heteroatoms. The number of benzene rings is 1. The summed E-state index contributed by atoms with van der Waals surface area (Å²) in [6.45, 7) is 1.22. The number of rotatable bonds is 7. The minimum atomic E-state index is -3.76. The van der Waals surface area contributed by atoms with Crippen LogP contribution in [-0.2, 0) is 31.9 Å². The molecule has 4 rings (SSSR count). The molecule has 2 bridgehead atoms. The SMILES string of the molecule is O=C([O-])CCC(=O)N1C[C@@H]2C[C@H](C1)c1ccc(NS(=O)(=O)Cc3ccccc3)c(=O)n1C2. The molecule has 0 radical (unpaired) electrons. The summed E-state index contributed by atoms with van der Waals surface area (Å²) in [5, 5.41) is 10.6. The quantitative estimate of drug-likeness (QED) is 0.634. The topological polar surface area (TPSA) is 129 Å². The van der Waals surface area contributed by atoms with Crippen molar-refractivity contribution in [2.45, 2.75) is 37.5 Å². The van der Waals surface area contributed by atoms with Crippen LogP contribution in [0.1, 0.15) is 36.4 Å². The molecule has 32 heavy (non-hydrogen) atoms. The standard InChI is InChI=1S/C22H25N3O6S/c26-20(8-9-21(27)28)24-11-16-10-17(13-24)19-7-6-18(22(29)25(19)12-16)23-32(30,31)14-15-4-2-1-3-5-15/h1-7,16-17,23H,8-14H2,(H,27,28)/p-1/t16-,17+/m0/s1. The zero-order chi connectivity index (χ0) is 22.9. The molecule has 0 saturated carbocycles. The van der Waals surface area contributed by atoms with Gasteiger partial charge in [-0.15, -0.1) is 0 Å². The van der Waals surface area contributed by atoms with Gasteiger partial charge in [0.1, 0.15) is 5.69 Å². The summed E-state index contributed by atoms with van der Waals surface area (Å²) in [7, 11) is -3.76. The highest BCUT2D eigenvalue weighted by molar-refractivity contribution is 7.91. The van der Waals surface area contributed by atoms with E-state index < -0.39 is 21.6 Å². The van der Waals surface area contributed by atoms with E-state index in [4.69, 9.17) is 0 Å². The lowest BCUT2D eigenvalue weighted by atomic mass is 9.83. The first-order valence-electron chi connectivity index (χ1n) is 10.5. The van der Waals surface area contributed by atoms with Crippen LogP contribution in [0.15, 0.2) is 47.3 Å². The smallest absolute Gasteiger partial charge is 0.275 e. The highest BCUT2D eigenvalue weighted by atomic mass is 32.2. The van der Waals surface area contributed by atoms with Gasteiger partial charge < -0.3 is 19.4 Å². The van der Waals surface area contributed by atoms with Crippen LogP contribution >= 0.6 is 0 Å². The number of sulfonamides is 1. The lowest BCUT2D eigenvalue weighted by Crippen LogP contribution is -2.49. The molecule has 0 unspecified atom stereocenters. The molecule has 2 aromatic rings. The van der Waals surface area contributed by atoms with Crippen LogP contribution in [0.2, 0.25) is 0 Å². The first kappa shape index (κ1) is 22.1. The number of carbonyl (C=O) groups excluding carboxylic acids is 2. The summed E-state index contributed by atoms with van der Waals surface area (Å²) >= 11 is 0. The van der Waals surface area contributed by atoms with Crippen molar-refractivity contribution in [3.8, 4) is 0 Å². The predicted molar refractivity (Wildman–Crippen MR) is 115 cm³/mol. The summed E-state index contributed by atoms with van der Waals surface area (Å²) in [4.78, 5) is 37.7. The Labute approximate surface area is 185 Å². The fraction of sp³-hybridized carbons (Fsp3) is 0.409. The fourth-order valence-electron chi connectivity index (χ4n) is 4.59. The van der Waals surface area contributed by atoms with E-state index in [1.165, 1.54) is 6.07 Å². The van der Waals surface area contributed by atoms with Gasteiger partial charge in [-0.25, -0.2) is 8.42 Å². The number of hydrogen-bond donors (Lipinski definition) is 1. The number of nitrogens with one attached hydrogen (secondary N) is 1. The third-order valence-electron chi connectivity index (χ3n) is 5.96. The zero-order valence-electron chi connectivity index (χ0n) is 17.4. The van der Waals surface area contributed by atoms with Crippen LogP contribution in [0.5, 0.6) is 0 Å². The van der Waals surface area contributed by atoms with Crippen LogP contribution in [0.4, 0.5) is 5.69 Å². The Hall–Kier alpha value is -3.14. The van der Waals surface area contributed by atoms with E-state index >= 15 is 0 Å². The van der Waals surface area contributed by atoms with Crippen LogP contribution in [-0.4, -0.2) is 42.9 Å². The van der Waals surface area contributed by atoms with Crippen LogP contribution in [0, 0.1) is 5.92 Å². The number of aliphatic carboxylic acids is 1. The van der Waals surface area contributed by atoms with Gasteiger partial charge in [-0.1, -0.05) is 30.3 Å². The third-order valence-corrected chi connectivity index (χ3v) is 7.21. The molecule has 9 nitrogen and oxygen atoms in total. The minimum Gasteiger partial charge on any atom is -0.550 e. The summed E-state index contributed by atoms with van der Waals surface area (Å²) < 4.78 is 29.1. The van der Waals surface area contributed by atoms with Crippen molar-refractivity contribution in [2.75, 3.05) is 17.8 Å². The fourth-order valence-corrected chi connectivity index (χ4v) is 5.79. The molecular weight excluding hydrogens is 434 g/mol. The maximum Gasteiger partial charge on any atom is 0.275 e. The summed E-state index contributed by atoms with van der Waals surface area (Å²) in [5.41, 5.74) is 0.989. The normalized spacial score (nSPS) is 19.8. The van der Waals surface area contributed by atoms with E-state index in [0.29, 0.717) is 25.2 Å². The number of amides is 1. The van der Waals surface area contributed by atoms with Gasteiger partial charge in [0.25, 0.3) is 5.56 Å². The Morgan fingerprint density at radius 2 is 1.78 bits per heavy atom. The lowest BCUT2D eigenvalue weighted by molar-refractivity contribution is -0.305. The lowest BCUT2D eigenvalue weighted by Gasteiger charge is -2.43. The number of fused-ring (bicyclic) bond motifs is 4. The Bertz CT molecular complexity index is 1190. The van der Waals surface area contributed by atoms with E-state index in [9.17, 15) is 27.9 Å². The molecule has 1 fully saturated rings. The monoisotopic (exact) mass is 458 g/mol. The van der Waals surface area contributed by atoms with Crippen molar-refractivity contribution >= 4 is 27.6 Å². The zero-order valence-corrected chi connectivity index (χ0v) is 18.2. The second-order valence-electron chi connectivity index (χ2n) is 8.40. The second-order valence-corrected chi connectivity index (χ2v) is 10.1. The number of piperidine rings is 1. The average molecular weight is 459 g/mol. The van der Waals surface area contributed by atoms with Crippen LogP contribution < -0.4 is 15.4 Å². The number of hydrogen-bond acceptors (Lipinski definition) is 6. The van der Waals surface area contributed by atoms with Gasteiger partial charge >= 0.3 is 0 Å². The molecule has 0 spiro atoms. The van der Waals surface area contributed by atoms with Crippen molar-refractivity contribution in [1.29, 1.82) is 0 Å². The van der Waals surface area contributed by atoms with E-state index in [1.807, 2.05) is 0 Å². The van der Waals surface area contributed by atoms with Crippen LogP contribution in [0.3, 0.4) is 0 Å². The maximum absolute atomic E-state index is 13.1. The number of likely N-dealkylation sites (tertiary alicyclic amines) is 1. The maximum atomic E-state index is 13.1. The van der Waals surface area contributed by atoms with E-state index in [0.717, 1.165) is 12.1 Å². The van der Waals surface area contributed by atoms with Gasteiger partial charge in [0.15, 0.2) is 0 Å². The first-order valence-corrected chi connectivity index (χ1v) is 12.1. The highest BCUT2D eigenvalue weighted by Gasteiger charge is 2.36. The van der Waals surface area contributed by atoms with Gasteiger partial charge in [-0.3, -0.25) is 14.3 Å². The number of carbonyl (C=O) groups is 2. The number of carboxylic acids is 1. The van der Waals surface area contributed by atoms with Crippen molar-refractivity contribution in [3.05, 3.63) is 64.1 Å².